The summed E-state index contributed by atoms with van der Waals surface area (Å²) in [5.74, 6) is 0.974. The number of nitrogens with one attached hydrogen (secondary N) is 1. The van der Waals surface area contributed by atoms with Gasteiger partial charge in [-0.2, -0.15) is 0 Å². The first-order valence-corrected chi connectivity index (χ1v) is 6.78. The lowest BCUT2D eigenvalue weighted by atomic mass is 9.97. The molecule has 0 radical (unpaired) electrons. The average molecular weight is 208 g/mol. The summed E-state index contributed by atoms with van der Waals surface area (Å²) in [4.78, 5) is 2.79. The smallest absolute Gasteiger partial charge is 0.0308 e. The van der Waals surface area contributed by atoms with Gasteiger partial charge in [-0.1, -0.05) is 19.8 Å². The second kappa shape index (κ2) is 3.74. The molecule has 1 saturated heterocycles. The standard InChI is InChI=1S/C13H24N2/c1-11-9-12(11)15-8-4-7-14-13(10-15)5-2-3-6-13/h11-12,14H,2-10H2,1H3. The molecule has 2 nitrogen and oxygen atoms in total. The molecular weight excluding hydrogens is 184 g/mol. The van der Waals surface area contributed by atoms with Gasteiger partial charge in [-0.15, -0.1) is 0 Å². The van der Waals surface area contributed by atoms with Gasteiger partial charge in [0.1, 0.15) is 0 Å². The van der Waals surface area contributed by atoms with Crippen LogP contribution in [0.25, 0.3) is 0 Å². The Balaban J connectivity index is 1.69. The molecule has 3 fully saturated rings. The highest BCUT2D eigenvalue weighted by Crippen LogP contribution is 2.39. The van der Waals surface area contributed by atoms with Gasteiger partial charge in [0.25, 0.3) is 0 Å². The topological polar surface area (TPSA) is 15.3 Å². The molecule has 2 atom stereocenters. The largest absolute Gasteiger partial charge is 0.310 e. The minimum atomic E-state index is 0.513. The molecule has 0 amide bonds. The maximum atomic E-state index is 3.84. The highest BCUT2D eigenvalue weighted by Gasteiger charge is 2.43. The molecule has 2 heteroatoms. The summed E-state index contributed by atoms with van der Waals surface area (Å²) in [7, 11) is 0. The van der Waals surface area contributed by atoms with Crippen molar-refractivity contribution in [3.63, 3.8) is 0 Å². The fraction of sp³-hybridized carbons (Fsp3) is 1.00. The molecule has 0 aromatic carbocycles. The minimum Gasteiger partial charge on any atom is -0.310 e. The van der Waals surface area contributed by atoms with E-state index in [4.69, 9.17) is 0 Å². The van der Waals surface area contributed by atoms with Crippen molar-refractivity contribution in [2.75, 3.05) is 19.6 Å². The molecule has 0 aromatic rings. The highest BCUT2D eigenvalue weighted by atomic mass is 15.2. The fourth-order valence-corrected chi connectivity index (χ4v) is 3.64. The summed E-state index contributed by atoms with van der Waals surface area (Å²) in [6.07, 6.45) is 8.54. The summed E-state index contributed by atoms with van der Waals surface area (Å²) < 4.78 is 0. The first kappa shape index (κ1) is 10.1. The van der Waals surface area contributed by atoms with E-state index in [0.717, 1.165) is 12.0 Å². The fourth-order valence-electron chi connectivity index (χ4n) is 3.64. The van der Waals surface area contributed by atoms with Gasteiger partial charge in [0.15, 0.2) is 0 Å². The van der Waals surface area contributed by atoms with E-state index >= 15 is 0 Å². The van der Waals surface area contributed by atoms with Gasteiger partial charge in [0, 0.05) is 18.1 Å². The lowest BCUT2D eigenvalue weighted by Gasteiger charge is -2.33. The molecule has 0 bridgehead atoms. The van der Waals surface area contributed by atoms with E-state index in [1.54, 1.807) is 0 Å². The Bertz CT molecular complexity index is 233. The Hall–Kier alpha value is -0.0800. The number of hydrogen-bond donors (Lipinski definition) is 1. The first-order chi connectivity index (χ1) is 7.29. The third-order valence-corrected chi connectivity index (χ3v) is 4.72. The predicted molar refractivity (Wildman–Crippen MR) is 63.0 cm³/mol. The lowest BCUT2D eigenvalue weighted by Crippen LogP contribution is -2.49. The monoisotopic (exact) mass is 208 g/mol. The second-order valence-corrected chi connectivity index (χ2v) is 6.02. The molecule has 0 aromatic heterocycles. The molecule has 1 N–H and O–H groups in total. The molecule has 2 unspecified atom stereocenters. The second-order valence-electron chi connectivity index (χ2n) is 6.02. The maximum Gasteiger partial charge on any atom is 0.0308 e. The van der Waals surface area contributed by atoms with E-state index in [0.29, 0.717) is 5.54 Å². The number of nitrogens with zero attached hydrogens (tertiary/aromatic N) is 1. The molecule has 3 rings (SSSR count). The Morgan fingerprint density at radius 1 is 1.20 bits per heavy atom. The van der Waals surface area contributed by atoms with Gasteiger partial charge in [0.05, 0.1) is 0 Å². The quantitative estimate of drug-likeness (QED) is 0.709. The van der Waals surface area contributed by atoms with E-state index in [-0.39, 0.29) is 0 Å². The molecule has 2 saturated carbocycles. The van der Waals surface area contributed by atoms with Crippen molar-refractivity contribution >= 4 is 0 Å². The zero-order valence-corrected chi connectivity index (χ0v) is 9.97. The van der Waals surface area contributed by atoms with E-state index in [1.165, 1.54) is 58.2 Å². The van der Waals surface area contributed by atoms with Crippen LogP contribution in [-0.2, 0) is 0 Å². The van der Waals surface area contributed by atoms with Crippen molar-refractivity contribution in [3.8, 4) is 0 Å². The third-order valence-electron chi connectivity index (χ3n) is 4.72. The SMILES string of the molecule is CC1CC1N1CCCNC2(CCCC2)C1. The predicted octanol–water partition coefficient (Wildman–Crippen LogP) is 2.00. The molecule has 1 spiro atoms. The summed E-state index contributed by atoms with van der Waals surface area (Å²) in [5.41, 5.74) is 0.513. The average Bonchev–Trinajstić information content (AvgIpc) is 2.82. The van der Waals surface area contributed by atoms with Crippen molar-refractivity contribution in [2.45, 2.75) is 57.0 Å². The Kier molecular flexibility index (Phi) is 2.52. The van der Waals surface area contributed by atoms with Crippen molar-refractivity contribution in [2.24, 2.45) is 5.92 Å². The molecule has 1 heterocycles. The lowest BCUT2D eigenvalue weighted by molar-refractivity contribution is 0.196. The van der Waals surface area contributed by atoms with E-state index < -0.39 is 0 Å². The van der Waals surface area contributed by atoms with Crippen LogP contribution in [0.4, 0.5) is 0 Å². The summed E-state index contributed by atoms with van der Waals surface area (Å²) in [6, 6.07) is 0.933. The first-order valence-electron chi connectivity index (χ1n) is 6.78. The van der Waals surface area contributed by atoms with Crippen LogP contribution in [0.2, 0.25) is 0 Å². The highest BCUT2D eigenvalue weighted by molar-refractivity contribution is 5.01. The Morgan fingerprint density at radius 3 is 2.60 bits per heavy atom. The van der Waals surface area contributed by atoms with Gasteiger partial charge < -0.3 is 5.32 Å². The van der Waals surface area contributed by atoms with Gasteiger partial charge >= 0.3 is 0 Å². The van der Waals surface area contributed by atoms with Crippen LogP contribution in [0, 0.1) is 5.92 Å². The zero-order valence-electron chi connectivity index (χ0n) is 9.97. The van der Waals surface area contributed by atoms with Crippen LogP contribution >= 0.6 is 0 Å². The van der Waals surface area contributed by atoms with Crippen molar-refractivity contribution < 1.29 is 0 Å². The summed E-state index contributed by atoms with van der Waals surface area (Å²) in [6.45, 7) is 6.33. The zero-order chi connectivity index (χ0) is 10.3. The van der Waals surface area contributed by atoms with Gasteiger partial charge in [0.2, 0.25) is 0 Å². The van der Waals surface area contributed by atoms with Crippen LogP contribution in [-0.4, -0.2) is 36.1 Å². The Morgan fingerprint density at radius 2 is 1.93 bits per heavy atom. The van der Waals surface area contributed by atoms with Crippen LogP contribution in [0.5, 0.6) is 0 Å². The van der Waals surface area contributed by atoms with E-state index in [1.807, 2.05) is 0 Å². The van der Waals surface area contributed by atoms with E-state index in [9.17, 15) is 0 Å². The molecule has 2 aliphatic carbocycles. The van der Waals surface area contributed by atoms with Crippen LogP contribution in [0.3, 0.4) is 0 Å². The molecular formula is C13H24N2. The molecule has 86 valence electrons. The summed E-state index contributed by atoms with van der Waals surface area (Å²) in [5, 5.41) is 3.84. The normalized spacial score (nSPS) is 40.6. The minimum absolute atomic E-state index is 0.513. The van der Waals surface area contributed by atoms with Crippen LogP contribution in [0.15, 0.2) is 0 Å². The van der Waals surface area contributed by atoms with Crippen LogP contribution in [0.1, 0.15) is 45.4 Å². The number of rotatable bonds is 1. The third kappa shape index (κ3) is 1.94. The summed E-state index contributed by atoms with van der Waals surface area (Å²) >= 11 is 0. The van der Waals surface area contributed by atoms with Gasteiger partial charge in [-0.25, -0.2) is 0 Å². The molecule has 3 aliphatic rings. The van der Waals surface area contributed by atoms with Crippen LogP contribution < -0.4 is 5.32 Å². The maximum absolute atomic E-state index is 3.84. The molecule has 1 aliphatic heterocycles. The van der Waals surface area contributed by atoms with Crippen molar-refractivity contribution in [1.29, 1.82) is 0 Å². The number of hydrogen-bond acceptors (Lipinski definition) is 2. The van der Waals surface area contributed by atoms with E-state index in [2.05, 4.69) is 17.1 Å². The van der Waals surface area contributed by atoms with Crippen molar-refractivity contribution in [1.82, 2.24) is 10.2 Å². The van der Waals surface area contributed by atoms with Gasteiger partial charge in [-0.05, 0) is 44.7 Å². The molecule has 15 heavy (non-hydrogen) atoms. The Labute approximate surface area is 93.4 Å². The van der Waals surface area contributed by atoms with Gasteiger partial charge in [-0.3, -0.25) is 4.90 Å². The van der Waals surface area contributed by atoms with Crippen molar-refractivity contribution in [3.05, 3.63) is 0 Å².